The summed E-state index contributed by atoms with van der Waals surface area (Å²) in [6.07, 6.45) is 1.37. The summed E-state index contributed by atoms with van der Waals surface area (Å²) in [5.41, 5.74) is 0.0443. The number of morpholine rings is 1. The van der Waals surface area contributed by atoms with Crippen molar-refractivity contribution in [1.82, 2.24) is 4.98 Å². The van der Waals surface area contributed by atoms with E-state index >= 15 is 0 Å². The lowest BCUT2D eigenvalue weighted by Crippen LogP contribution is -2.36. The number of carboxylic acids is 1. The van der Waals surface area contributed by atoms with Crippen LogP contribution in [0.4, 0.5) is 10.1 Å². The summed E-state index contributed by atoms with van der Waals surface area (Å²) in [4.78, 5) is 16.1. The van der Waals surface area contributed by atoms with Gasteiger partial charge in [0.1, 0.15) is 0 Å². The number of aromatic nitrogens is 1. The van der Waals surface area contributed by atoms with Gasteiger partial charge in [-0.05, 0) is 0 Å². The molecular weight excluding hydrogens is 215 g/mol. The summed E-state index contributed by atoms with van der Waals surface area (Å²) in [5.74, 6) is -2.16. The van der Waals surface area contributed by atoms with Crippen LogP contribution >= 0.6 is 0 Å². The van der Waals surface area contributed by atoms with Crippen molar-refractivity contribution in [2.24, 2.45) is 0 Å². The van der Waals surface area contributed by atoms with Gasteiger partial charge >= 0.3 is 5.97 Å². The standard InChI is InChI=1S/C10H11FN2O3/c11-8-5-7(6-12-9(8)10(14)15)13-1-3-16-4-2-13/h5-6H,1-4H2,(H,14,15). The molecule has 0 amide bonds. The Hall–Kier alpha value is -1.69. The van der Waals surface area contributed by atoms with E-state index in [1.165, 1.54) is 12.3 Å². The molecule has 0 aromatic carbocycles. The number of carbonyl (C=O) groups is 1. The Bertz CT molecular complexity index is 405. The molecule has 5 nitrogen and oxygen atoms in total. The highest BCUT2D eigenvalue weighted by atomic mass is 19.1. The fourth-order valence-electron chi connectivity index (χ4n) is 1.58. The average Bonchev–Trinajstić information content (AvgIpc) is 2.29. The van der Waals surface area contributed by atoms with E-state index in [2.05, 4.69) is 4.98 Å². The largest absolute Gasteiger partial charge is 0.476 e. The highest BCUT2D eigenvalue weighted by molar-refractivity contribution is 5.85. The molecule has 1 aromatic rings. The second-order valence-corrected chi connectivity index (χ2v) is 3.43. The number of pyridine rings is 1. The fraction of sp³-hybridized carbons (Fsp3) is 0.400. The second kappa shape index (κ2) is 4.44. The molecule has 1 N–H and O–H groups in total. The van der Waals surface area contributed by atoms with E-state index in [4.69, 9.17) is 9.84 Å². The third kappa shape index (κ3) is 2.11. The van der Waals surface area contributed by atoms with Crippen molar-refractivity contribution in [3.05, 3.63) is 23.8 Å². The van der Waals surface area contributed by atoms with Crippen molar-refractivity contribution in [3.63, 3.8) is 0 Å². The molecule has 0 saturated carbocycles. The Morgan fingerprint density at radius 2 is 2.19 bits per heavy atom. The number of ether oxygens (including phenoxy) is 1. The number of hydrogen-bond donors (Lipinski definition) is 1. The first-order chi connectivity index (χ1) is 7.68. The van der Waals surface area contributed by atoms with Gasteiger partial charge in [-0.3, -0.25) is 0 Å². The van der Waals surface area contributed by atoms with E-state index in [1.807, 2.05) is 4.90 Å². The van der Waals surface area contributed by atoms with E-state index in [0.29, 0.717) is 32.0 Å². The lowest BCUT2D eigenvalue weighted by Gasteiger charge is -2.28. The van der Waals surface area contributed by atoms with Crippen LogP contribution in [0.15, 0.2) is 12.3 Å². The number of anilines is 1. The van der Waals surface area contributed by atoms with Gasteiger partial charge in [-0.25, -0.2) is 14.2 Å². The number of carboxylic acid groups (broad SMARTS) is 1. The fourth-order valence-corrected chi connectivity index (χ4v) is 1.58. The summed E-state index contributed by atoms with van der Waals surface area (Å²) in [5, 5.41) is 8.63. The van der Waals surface area contributed by atoms with Crippen LogP contribution in [0.1, 0.15) is 10.5 Å². The van der Waals surface area contributed by atoms with Gasteiger partial charge in [0.2, 0.25) is 0 Å². The molecule has 1 fully saturated rings. The summed E-state index contributed by atoms with van der Waals surface area (Å²) < 4.78 is 18.5. The maximum atomic E-state index is 13.4. The van der Waals surface area contributed by atoms with Gasteiger partial charge in [-0.15, -0.1) is 0 Å². The molecule has 1 aliphatic rings. The molecule has 1 aromatic heterocycles. The van der Waals surface area contributed by atoms with Crippen LogP contribution in [0.3, 0.4) is 0 Å². The summed E-state index contributed by atoms with van der Waals surface area (Å²) in [6, 6.07) is 1.20. The molecule has 16 heavy (non-hydrogen) atoms. The molecule has 0 radical (unpaired) electrons. The number of nitrogens with zero attached hydrogens (tertiary/aromatic N) is 2. The Labute approximate surface area is 91.5 Å². The van der Waals surface area contributed by atoms with Crippen molar-refractivity contribution in [2.45, 2.75) is 0 Å². The van der Waals surface area contributed by atoms with Gasteiger partial charge in [0.05, 0.1) is 25.1 Å². The maximum Gasteiger partial charge on any atom is 0.357 e. The van der Waals surface area contributed by atoms with Crippen LogP contribution in [0.5, 0.6) is 0 Å². The first-order valence-electron chi connectivity index (χ1n) is 4.90. The van der Waals surface area contributed by atoms with Crippen LogP contribution in [-0.2, 0) is 4.74 Å². The van der Waals surface area contributed by atoms with Crippen LogP contribution in [0, 0.1) is 5.82 Å². The SMILES string of the molecule is O=C(O)c1ncc(N2CCOCC2)cc1F. The summed E-state index contributed by atoms with van der Waals surface area (Å²) >= 11 is 0. The molecule has 86 valence electrons. The minimum absolute atomic E-state index is 0.544. The molecule has 0 spiro atoms. The smallest absolute Gasteiger partial charge is 0.357 e. The van der Waals surface area contributed by atoms with Crippen molar-refractivity contribution in [2.75, 3.05) is 31.2 Å². The van der Waals surface area contributed by atoms with Gasteiger partial charge in [0.15, 0.2) is 11.5 Å². The predicted molar refractivity (Wildman–Crippen MR) is 54.2 cm³/mol. The zero-order valence-corrected chi connectivity index (χ0v) is 8.52. The van der Waals surface area contributed by atoms with Crippen LogP contribution in [-0.4, -0.2) is 42.4 Å². The molecule has 2 heterocycles. The third-order valence-corrected chi connectivity index (χ3v) is 2.41. The highest BCUT2D eigenvalue weighted by Gasteiger charge is 2.16. The Balaban J connectivity index is 2.23. The molecule has 0 unspecified atom stereocenters. The van der Waals surface area contributed by atoms with Crippen LogP contribution < -0.4 is 4.90 Å². The van der Waals surface area contributed by atoms with Crippen molar-refractivity contribution >= 4 is 11.7 Å². The molecule has 0 atom stereocenters. The lowest BCUT2D eigenvalue weighted by atomic mass is 10.3. The quantitative estimate of drug-likeness (QED) is 0.806. The zero-order valence-electron chi connectivity index (χ0n) is 8.52. The van der Waals surface area contributed by atoms with Gasteiger partial charge in [0, 0.05) is 19.2 Å². The van der Waals surface area contributed by atoms with E-state index < -0.39 is 17.5 Å². The number of hydrogen-bond acceptors (Lipinski definition) is 4. The van der Waals surface area contributed by atoms with Crippen LogP contribution in [0.2, 0.25) is 0 Å². The normalized spacial score (nSPS) is 16.2. The number of halogens is 1. The monoisotopic (exact) mass is 226 g/mol. The lowest BCUT2D eigenvalue weighted by molar-refractivity contribution is 0.0685. The molecule has 6 heteroatoms. The molecule has 1 saturated heterocycles. The average molecular weight is 226 g/mol. The van der Waals surface area contributed by atoms with Crippen molar-refractivity contribution < 1.29 is 19.0 Å². The van der Waals surface area contributed by atoms with Gasteiger partial charge in [0.25, 0.3) is 0 Å². The minimum atomic E-state index is -1.36. The molecule has 0 aliphatic carbocycles. The summed E-state index contributed by atoms with van der Waals surface area (Å²) in [6.45, 7) is 2.49. The van der Waals surface area contributed by atoms with E-state index in [1.54, 1.807) is 0 Å². The Morgan fingerprint density at radius 3 is 2.75 bits per heavy atom. The van der Waals surface area contributed by atoms with Crippen molar-refractivity contribution in [1.29, 1.82) is 0 Å². The van der Waals surface area contributed by atoms with E-state index in [0.717, 1.165) is 0 Å². The Morgan fingerprint density at radius 1 is 1.50 bits per heavy atom. The van der Waals surface area contributed by atoms with E-state index in [9.17, 15) is 9.18 Å². The summed E-state index contributed by atoms with van der Waals surface area (Å²) in [7, 11) is 0. The van der Waals surface area contributed by atoms with Gasteiger partial charge in [-0.1, -0.05) is 0 Å². The maximum absolute atomic E-state index is 13.4. The molecule has 1 aliphatic heterocycles. The third-order valence-electron chi connectivity index (χ3n) is 2.41. The zero-order chi connectivity index (χ0) is 11.5. The Kier molecular flexibility index (Phi) is 3.00. The van der Waals surface area contributed by atoms with Gasteiger partial charge < -0.3 is 14.7 Å². The topological polar surface area (TPSA) is 62.7 Å². The first-order valence-corrected chi connectivity index (χ1v) is 4.90. The predicted octanol–water partition coefficient (Wildman–Crippen LogP) is 0.755. The van der Waals surface area contributed by atoms with E-state index in [-0.39, 0.29) is 0 Å². The first kappa shape index (κ1) is 10.8. The molecule has 0 bridgehead atoms. The second-order valence-electron chi connectivity index (χ2n) is 3.43. The van der Waals surface area contributed by atoms with Crippen LogP contribution in [0.25, 0.3) is 0 Å². The molecule has 2 rings (SSSR count). The number of rotatable bonds is 2. The highest BCUT2D eigenvalue weighted by Crippen LogP contribution is 2.17. The van der Waals surface area contributed by atoms with Crippen molar-refractivity contribution in [3.8, 4) is 0 Å². The van der Waals surface area contributed by atoms with Gasteiger partial charge in [-0.2, -0.15) is 0 Å². The minimum Gasteiger partial charge on any atom is -0.476 e. The molecular formula is C10H11FN2O3. The number of aromatic carboxylic acids is 1.